The molecule has 1 atom stereocenters. The van der Waals surface area contributed by atoms with Crippen molar-refractivity contribution in [1.29, 1.82) is 0 Å². The molecule has 29 heavy (non-hydrogen) atoms. The van der Waals surface area contributed by atoms with Gasteiger partial charge in [-0.1, -0.05) is 99.1 Å². The van der Waals surface area contributed by atoms with Crippen molar-refractivity contribution in [2.45, 2.75) is 133 Å². The van der Waals surface area contributed by atoms with E-state index in [-0.39, 0.29) is 6.10 Å². The van der Waals surface area contributed by atoms with E-state index in [0.29, 0.717) is 3.70 Å². The minimum atomic E-state index is -1.60. The predicted molar refractivity (Wildman–Crippen MR) is 141 cm³/mol. The molecule has 0 amide bonds. The Bertz CT molecular complexity index is 434. The third-order valence-corrected chi connectivity index (χ3v) is 20.3. The summed E-state index contributed by atoms with van der Waals surface area (Å²) in [5.74, 6) is 2.62. The minimum absolute atomic E-state index is 0.259. The zero-order valence-electron chi connectivity index (χ0n) is 20.5. The highest BCUT2D eigenvalue weighted by Crippen LogP contribution is 2.61. The van der Waals surface area contributed by atoms with Gasteiger partial charge in [0, 0.05) is 0 Å². The normalized spacial score (nSPS) is 19.0. The topological polar surface area (TPSA) is 20.2 Å². The summed E-state index contributed by atoms with van der Waals surface area (Å²) < 4.78 is 0.359. The first-order chi connectivity index (χ1) is 13.7. The second-order valence-corrected chi connectivity index (χ2v) is 19.9. The van der Waals surface area contributed by atoms with E-state index in [0.717, 1.165) is 35.9 Å². The van der Waals surface area contributed by atoms with E-state index in [1.54, 1.807) is 0 Å². The van der Waals surface area contributed by atoms with Crippen LogP contribution in [0.1, 0.15) is 106 Å². The monoisotopic (exact) mass is 458 g/mol. The van der Waals surface area contributed by atoms with Crippen LogP contribution in [0, 0.1) is 0 Å². The molecule has 172 valence electrons. The fourth-order valence-electron chi connectivity index (χ4n) is 6.05. The Balaban J connectivity index is 2.81. The van der Waals surface area contributed by atoms with Gasteiger partial charge in [0.2, 0.25) is 0 Å². The Morgan fingerprint density at radius 2 is 1.38 bits per heavy atom. The first-order valence-electron chi connectivity index (χ1n) is 12.4. The van der Waals surface area contributed by atoms with E-state index in [9.17, 15) is 5.11 Å². The van der Waals surface area contributed by atoms with Crippen molar-refractivity contribution in [1.82, 2.24) is 0 Å². The Kier molecular flexibility index (Phi) is 13.3. The van der Waals surface area contributed by atoms with E-state index >= 15 is 0 Å². The van der Waals surface area contributed by atoms with Gasteiger partial charge >= 0.3 is 0 Å². The lowest BCUT2D eigenvalue weighted by Gasteiger charge is -2.57. The fraction of sp³-hybridized carbons (Fsp3) is 0.920. The maximum atomic E-state index is 10.5. The van der Waals surface area contributed by atoms with Crippen LogP contribution in [0.3, 0.4) is 0 Å². The van der Waals surface area contributed by atoms with Crippen LogP contribution >= 0.6 is 23.5 Å². The highest BCUT2D eigenvalue weighted by molar-refractivity contribution is 8.21. The zero-order valence-corrected chi connectivity index (χ0v) is 23.1. The number of aliphatic hydroxyl groups is 1. The molecule has 4 heteroatoms. The molecule has 1 nitrogen and oxygen atoms in total. The van der Waals surface area contributed by atoms with E-state index in [4.69, 9.17) is 0 Å². The standard InChI is InChI=1S/C25H50OS2Si/c1-8-9-10-11-12-13-16-24(26)17-14-18-25(27-19-15-20-28-25)29(21(2)3,22(4)5)23(6)7/h14,17,21-24,26H,8-13,15-16,18-20H2,1-7H3/b17-14+/t24-/m1/s1. The molecule has 0 bridgehead atoms. The van der Waals surface area contributed by atoms with Gasteiger partial charge in [0.1, 0.15) is 0 Å². The molecule has 1 rings (SSSR count). The summed E-state index contributed by atoms with van der Waals surface area (Å²) in [5, 5.41) is 10.5. The molecule has 0 unspecified atom stereocenters. The first-order valence-corrected chi connectivity index (χ1v) is 16.6. The fourth-order valence-corrected chi connectivity index (χ4v) is 22.7. The summed E-state index contributed by atoms with van der Waals surface area (Å²) in [6.07, 6.45) is 15.4. The summed E-state index contributed by atoms with van der Waals surface area (Å²) in [5.41, 5.74) is 2.34. The average Bonchev–Trinajstić information content (AvgIpc) is 2.64. The van der Waals surface area contributed by atoms with E-state index in [2.05, 4.69) is 84.1 Å². The quantitative estimate of drug-likeness (QED) is 0.159. The van der Waals surface area contributed by atoms with Crippen LogP contribution in [-0.4, -0.2) is 34.5 Å². The number of hydrogen-bond acceptors (Lipinski definition) is 3. The van der Waals surface area contributed by atoms with Crippen molar-refractivity contribution in [3.05, 3.63) is 12.2 Å². The molecule has 0 aromatic rings. The third kappa shape index (κ3) is 7.32. The molecule has 1 fully saturated rings. The lowest BCUT2D eigenvalue weighted by atomic mass is 10.1. The lowest BCUT2D eigenvalue weighted by molar-refractivity contribution is 0.207. The lowest BCUT2D eigenvalue weighted by Crippen LogP contribution is -2.61. The Hall–Kier alpha value is 0.617. The van der Waals surface area contributed by atoms with Gasteiger partial charge < -0.3 is 5.11 Å². The molecule has 0 spiro atoms. The van der Waals surface area contributed by atoms with Crippen molar-refractivity contribution < 1.29 is 5.11 Å². The molecule has 1 aliphatic heterocycles. The summed E-state index contributed by atoms with van der Waals surface area (Å²) in [7, 11) is -1.60. The van der Waals surface area contributed by atoms with Crippen molar-refractivity contribution in [2.75, 3.05) is 11.5 Å². The smallest absolute Gasteiger partial charge is 0.0922 e. The van der Waals surface area contributed by atoms with Crippen LogP contribution in [0.15, 0.2) is 12.2 Å². The van der Waals surface area contributed by atoms with Crippen LogP contribution in [-0.2, 0) is 0 Å². The van der Waals surface area contributed by atoms with Gasteiger partial charge in [-0.3, -0.25) is 0 Å². The predicted octanol–water partition coefficient (Wildman–Crippen LogP) is 8.83. The van der Waals surface area contributed by atoms with Crippen molar-refractivity contribution in [3.63, 3.8) is 0 Å². The molecular weight excluding hydrogens is 408 g/mol. The maximum absolute atomic E-state index is 10.5. The average molecular weight is 459 g/mol. The van der Waals surface area contributed by atoms with Gasteiger partial charge in [-0.05, 0) is 47.4 Å². The van der Waals surface area contributed by atoms with Crippen LogP contribution in [0.4, 0.5) is 0 Å². The molecule has 1 heterocycles. The molecule has 0 aliphatic carbocycles. The minimum Gasteiger partial charge on any atom is -0.389 e. The first kappa shape index (κ1) is 27.7. The largest absolute Gasteiger partial charge is 0.389 e. The number of hydrogen-bond donors (Lipinski definition) is 1. The number of aliphatic hydroxyl groups excluding tert-OH is 1. The molecule has 1 aliphatic rings. The second kappa shape index (κ2) is 13.9. The van der Waals surface area contributed by atoms with Gasteiger partial charge in [0.25, 0.3) is 0 Å². The molecule has 0 aromatic heterocycles. The molecule has 0 radical (unpaired) electrons. The van der Waals surface area contributed by atoms with Gasteiger partial charge in [-0.15, -0.1) is 23.5 Å². The summed E-state index contributed by atoms with van der Waals surface area (Å²) in [6.45, 7) is 17.3. The van der Waals surface area contributed by atoms with Gasteiger partial charge in [0.15, 0.2) is 0 Å². The second-order valence-electron chi connectivity index (χ2n) is 9.96. The van der Waals surface area contributed by atoms with E-state index in [1.165, 1.54) is 50.0 Å². The van der Waals surface area contributed by atoms with Crippen LogP contribution in [0.5, 0.6) is 0 Å². The number of rotatable bonds is 14. The Morgan fingerprint density at radius 1 is 0.862 bits per heavy atom. The van der Waals surface area contributed by atoms with E-state index in [1.807, 2.05) is 0 Å². The number of unbranched alkanes of at least 4 members (excludes halogenated alkanes) is 5. The van der Waals surface area contributed by atoms with Gasteiger partial charge in [0.05, 0.1) is 17.9 Å². The molecular formula is C25H50OS2Si. The van der Waals surface area contributed by atoms with Crippen molar-refractivity contribution >= 4 is 31.6 Å². The Labute approximate surface area is 192 Å². The van der Waals surface area contributed by atoms with Gasteiger partial charge in [-0.2, -0.15) is 0 Å². The SMILES string of the molecule is CCCCCCCC[C@@H](O)/C=C/CC1([Si](C(C)C)(C(C)C)C(C)C)SCCCS1. The summed E-state index contributed by atoms with van der Waals surface area (Å²) >= 11 is 4.55. The van der Waals surface area contributed by atoms with Crippen LogP contribution in [0.25, 0.3) is 0 Å². The number of thioether (sulfide) groups is 2. The zero-order chi connectivity index (χ0) is 21.9. The molecule has 1 N–H and O–H groups in total. The van der Waals surface area contributed by atoms with Crippen LogP contribution < -0.4 is 0 Å². The van der Waals surface area contributed by atoms with Gasteiger partial charge in [-0.25, -0.2) is 0 Å². The summed E-state index contributed by atoms with van der Waals surface area (Å²) in [4.78, 5) is 0. The molecule has 0 aromatic carbocycles. The highest BCUT2D eigenvalue weighted by atomic mass is 32.2. The van der Waals surface area contributed by atoms with E-state index < -0.39 is 8.07 Å². The highest BCUT2D eigenvalue weighted by Gasteiger charge is 2.59. The Morgan fingerprint density at radius 3 is 1.90 bits per heavy atom. The third-order valence-electron chi connectivity index (χ3n) is 7.08. The molecule has 0 saturated carbocycles. The molecule has 1 saturated heterocycles. The van der Waals surface area contributed by atoms with Crippen LogP contribution in [0.2, 0.25) is 16.6 Å². The van der Waals surface area contributed by atoms with Crippen molar-refractivity contribution in [3.8, 4) is 0 Å². The van der Waals surface area contributed by atoms with Crippen molar-refractivity contribution in [2.24, 2.45) is 0 Å². The summed E-state index contributed by atoms with van der Waals surface area (Å²) in [6, 6.07) is 0. The number of allylic oxidation sites excluding steroid dienone is 1. The maximum Gasteiger partial charge on any atom is 0.0922 e.